The Morgan fingerprint density at radius 1 is 1.43 bits per heavy atom. The summed E-state index contributed by atoms with van der Waals surface area (Å²) in [5, 5.41) is 0. The van der Waals surface area contributed by atoms with E-state index in [1.165, 1.54) is 0 Å². The van der Waals surface area contributed by atoms with E-state index in [9.17, 15) is 0 Å². The van der Waals surface area contributed by atoms with Crippen LogP contribution in [0, 0.1) is 0 Å². The van der Waals surface area contributed by atoms with Crippen molar-refractivity contribution in [2.45, 2.75) is 0 Å². The Morgan fingerprint density at radius 3 is 1.86 bits per heavy atom. The number of rotatable bonds is 1. The summed E-state index contributed by atoms with van der Waals surface area (Å²) in [4.78, 5) is 24.0. The highest BCUT2D eigenvalue weighted by Crippen LogP contribution is 2.30. The zero-order valence-electron chi connectivity index (χ0n) is 3.18. The molecule has 5 nitrogen and oxygen atoms in total. The second-order valence-electron chi connectivity index (χ2n) is 0.684. The van der Waals surface area contributed by atoms with Crippen LogP contribution in [0.2, 0.25) is 0 Å². The van der Waals surface area contributed by atoms with Gasteiger partial charge in [-0.05, 0) is 4.28 Å². The standard InChI is InChI=1S/H5NO4PS/c1-5-7-6(2,3)4/h2-4H,1H2/q+1. The van der Waals surface area contributed by atoms with Crippen molar-refractivity contribution in [2.75, 3.05) is 0 Å². The molecule has 0 heterocycles. The lowest BCUT2D eigenvalue weighted by Gasteiger charge is -1.79. The third-order valence-electron chi connectivity index (χ3n) is 0.143. The van der Waals surface area contributed by atoms with Gasteiger partial charge in [-0.3, -0.25) is 14.7 Å². The van der Waals surface area contributed by atoms with E-state index in [4.69, 9.17) is 14.7 Å². The number of nitrogens with two attached hydrogens (primary N) is 1. The first-order chi connectivity index (χ1) is 3.06. The second-order valence-corrected chi connectivity index (χ2v) is 3.97. The summed E-state index contributed by atoms with van der Waals surface area (Å²) in [6.07, 6.45) is 0. The van der Waals surface area contributed by atoms with Crippen LogP contribution in [0.4, 0.5) is 0 Å². The summed E-state index contributed by atoms with van der Waals surface area (Å²) in [5.74, 6) is 4.33. The van der Waals surface area contributed by atoms with Crippen molar-refractivity contribution in [2.24, 2.45) is 5.90 Å². The second kappa shape index (κ2) is 2.68. The fourth-order valence-corrected chi connectivity index (χ4v) is 0.520. The lowest BCUT2D eigenvalue weighted by Crippen LogP contribution is -1.91. The largest absolute Gasteiger partial charge is 0.562 e. The molecule has 0 atom stereocenters. The van der Waals surface area contributed by atoms with Crippen LogP contribution in [0.25, 0.3) is 0 Å². The molecule has 7 heavy (non-hydrogen) atoms. The quantitative estimate of drug-likeness (QED) is 0.157. The lowest BCUT2D eigenvalue weighted by atomic mass is 13.6. The first-order valence-corrected chi connectivity index (χ1v) is 4.18. The van der Waals surface area contributed by atoms with Gasteiger partial charge in [-0.1, -0.05) is 0 Å². The molecule has 0 bridgehead atoms. The highest BCUT2D eigenvalue weighted by molar-refractivity contribution is 8.13. The van der Waals surface area contributed by atoms with E-state index >= 15 is 0 Å². The summed E-state index contributed by atoms with van der Waals surface area (Å²) in [6, 6.07) is 0. The molecule has 0 aromatic carbocycles. The van der Waals surface area contributed by atoms with Gasteiger partial charge in [0.25, 0.3) is 0 Å². The van der Waals surface area contributed by atoms with E-state index in [1.807, 2.05) is 0 Å². The topological polar surface area (TPSA) is 95.9 Å². The van der Waals surface area contributed by atoms with Crippen molar-refractivity contribution < 1.29 is 19.0 Å². The van der Waals surface area contributed by atoms with Crippen LogP contribution in [0.15, 0.2) is 0 Å². The SMILES string of the molecule is NO[S+]=P(O)(O)O. The molecule has 0 saturated heterocycles. The predicted octanol–water partition coefficient (Wildman–Crippen LogP) is -1.47. The minimum absolute atomic E-state index is 0.0440. The maximum atomic E-state index is 8.00. The summed E-state index contributed by atoms with van der Waals surface area (Å²) in [7, 11) is 0. The van der Waals surface area contributed by atoms with Gasteiger partial charge in [-0.25, -0.2) is 0 Å². The maximum absolute atomic E-state index is 8.00. The van der Waals surface area contributed by atoms with Gasteiger partial charge in [0.15, 0.2) is 0 Å². The van der Waals surface area contributed by atoms with Gasteiger partial charge in [0.1, 0.15) is 0 Å². The van der Waals surface area contributed by atoms with E-state index in [1.54, 1.807) is 0 Å². The zero-order chi connectivity index (χ0) is 5.91. The van der Waals surface area contributed by atoms with Gasteiger partial charge >= 0.3 is 17.9 Å². The average molecular weight is 146 g/mol. The Hall–Kier alpha value is 0.450. The monoisotopic (exact) mass is 146 g/mol. The van der Waals surface area contributed by atoms with Gasteiger partial charge < -0.3 is 0 Å². The van der Waals surface area contributed by atoms with Gasteiger partial charge in [0, 0.05) is 0 Å². The molecular formula is H5NO4PS+. The van der Waals surface area contributed by atoms with Crippen molar-refractivity contribution in [3.05, 3.63) is 0 Å². The number of hydrogen-bond acceptors (Lipinski definition) is 2. The van der Waals surface area contributed by atoms with Crippen molar-refractivity contribution >= 4 is 17.9 Å². The van der Waals surface area contributed by atoms with Gasteiger partial charge in [-0.2, -0.15) is 5.90 Å². The summed E-state index contributed by atoms with van der Waals surface area (Å²) in [6.45, 7) is -3.85. The smallest absolute Gasteiger partial charge is 0.287 e. The van der Waals surface area contributed by atoms with E-state index in [0.717, 1.165) is 0 Å². The lowest BCUT2D eigenvalue weighted by molar-refractivity contribution is 0.353. The fourth-order valence-electron chi connectivity index (χ4n) is 0.0577. The van der Waals surface area contributed by atoms with Gasteiger partial charge in [0.05, 0.1) is 0 Å². The Kier molecular flexibility index (Phi) is 2.86. The highest BCUT2D eigenvalue weighted by atomic mass is 32.5. The molecular weight excluding hydrogens is 141 g/mol. The van der Waals surface area contributed by atoms with Crippen molar-refractivity contribution in [1.82, 2.24) is 0 Å². The highest BCUT2D eigenvalue weighted by Gasteiger charge is 2.20. The normalized spacial score (nSPS) is 11.4. The van der Waals surface area contributed by atoms with E-state index < -0.39 is 6.72 Å². The Labute approximate surface area is 43.7 Å². The molecule has 0 aliphatic carbocycles. The van der Waals surface area contributed by atoms with Gasteiger partial charge in [-0.15, -0.1) is 0 Å². The number of hydrogen-bond donors (Lipinski definition) is 4. The third-order valence-corrected chi connectivity index (χ3v) is 1.29. The molecule has 0 aliphatic rings. The molecule has 5 N–H and O–H groups in total. The molecule has 0 rings (SSSR count). The average Bonchev–Trinajstić information content (AvgIpc) is 1.30. The molecule has 44 valence electrons. The molecule has 0 aromatic heterocycles. The van der Waals surface area contributed by atoms with E-state index in [-0.39, 0.29) is 11.2 Å². The molecule has 0 spiro atoms. The Morgan fingerprint density at radius 2 is 1.86 bits per heavy atom. The van der Waals surface area contributed by atoms with Crippen LogP contribution in [-0.4, -0.2) is 14.7 Å². The zero-order valence-corrected chi connectivity index (χ0v) is 4.89. The molecule has 7 heteroatoms. The van der Waals surface area contributed by atoms with Crippen LogP contribution < -0.4 is 5.90 Å². The summed E-state index contributed by atoms with van der Waals surface area (Å²) < 4.78 is 3.62. The molecule has 0 unspecified atom stereocenters. The molecule has 0 fully saturated rings. The van der Waals surface area contributed by atoms with Crippen LogP contribution in [0.1, 0.15) is 0 Å². The van der Waals surface area contributed by atoms with Gasteiger partial charge in [0.2, 0.25) is 0 Å². The predicted molar refractivity (Wildman–Crippen MR) is 26.2 cm³/mol. The van der Waals surface area contributed by atoms with Crippen LogP contribution in [0.5, 0.6) is 0 Å². The molecule has 0 aromatic rings. The van der Waals surface area contributed by atoms with Crippen LogP contribution in [0.3, 0.4) is 0 Å². The van der Waals surface area contributed by atoms with E-state index in [0.29, 0.717) is 0 Å². The molecule has 0 aliphatic heterocycles. The maximum Gasteiger partial charge on any atom is 0.562 e. The third kappa shape index (κ3) is 6.45. The Balaban J connectivity index is 3.73. The van der Waals surface area contributed by atoms with Crippen molar-refractivity contribution in [3.63, 3.8) is 0 Å². The fraction of sp³-hybridized carbons (Fsp3) is 0. The van der Waals surface area contributed by atoms with Crippen LogP contribution in [-0.2, 0) is 15.5 Å². The first kappa shape index (κ1) is 7.45. The van der Waals surface area contributed by atoms with Crippen molar-refractivity contribution in [1.29, 1.82) is 0 Å². The minimum Gasteiger partial charge on any atom is -0.287 e. The first-order valence-electron chi connectivity index (χ1n) is 1.18. The minimum atomic E-state index is -3.85. The van der Waals surface area contributed by atoms with Crippen LogP contribution >= 0.6 is 6.72 Å². The van der Waals surface area contributed by atoms with Crippen molar-refractivity contribution in [3.8, 4) is 0 Å². The molecule has 0 amide bonds. The summed E-state index contributed by atoms with van der Waals surface area (Å²) >= 11 is 0.0440. The van der Waals surface area contributed by atoms with E-state index in [2.05, 4.69) is 10.2 Å². The molecule has 0 radical (unpaired) electrons. The summed E-state index contributed by atoms with van der Waals surface area (Å²) in [5.41, 5.74) is 0. The Bertz CT molecular complexity index is 85.6. The molecule has 0 saturated carbocycles.